The summed E-state index contributed by atoms with van der Waals surface area (Å²) in [6.07, 6.45) is 1.06. The highest BCUT2D eigenvalue weighted by atomic mass is 16.5. The van der Waals surface area contributed by atoms with Crippen molar-refractivity contribution in [3.05, 3.63) is 29.3 Å². The van der Waals surface area contributed by atoms with Gasteiger partial charge in [-0.25, -0.2) is 0 Å². The molecule has 0 radical (unpaired) electrons. The predicted octanol–water partition coefficient (Wildman–Crippen LogP) is 3.27. The summed E-state index contributed by atoms with van der Waals surface area (Å²) in [6, 6.07) is 6.10. The lowest BCUT2D eigenvalue weighted by Gasteiger charge is -2.18. The van der Waals surface area contributed by atoms with E-state index in [1.54, 1.807) is 0 Å². The molecule has 0 unspecified atom stereocenters. The van der Waals surface area contributed by atoms with Crippen molar-refractivity contribution < 1.29 is 4.74 Å². The molecule has 0 aliphatic carbocycles. The summed E-state index contributed by atoms with van der Waals surface area (Å²) in [7, 11) is 0. The minimum Gasteiger partial charge on any atom is -0.494 e. The van der Waals surface area contributed by atoms with Crippen molar-refractivity contribution in [2.45, 2.75) is 40.7 Å². The van der Waals surface area contributed by atoms with Crippen LogP contribution in [0.25, 0.3) is 0 Å². The number of rotatable bonds is 4. The van der Waals surface area contributed by atoms with E-state index < -0.39 is 0 Å². The van der Waals surface area contributed by atoms with Gasteiger partial charge in [0.25, 0.3) is 0 Å². The standard InChI is InChI=1S/C14H23NO/c1-11-9-13(6-5-12(11)10-15)16-8-7-14(2,3)4/h5-6,9H,7-8,10,15H2,1-4H3. The van der Waals surface area contributed by atoms with Gasteiger partial charge in [-0.15, -0.1) is 0 Å². The largest absolute Gasteiger partial charge is 0.494 e. The zero-order valence-corrected chi connectivity index (χ0v) is 10.8. The Morgan fingerprint density at radius 2 is 1.94 bits per heavy atom. The van der Waals surface area contributed by atoms with E-state index in [0.717, 1.165) is 18.8 Å². The molecule has 2 nitrogen and oxygen atoms in total. The molecular formula is C14H23NO. The van der Waals surface area contributed by atoms with Gasteiger partial charge in [0.15, 0.2) is 0 Å². The van der Waals surface area contributed by atoms with Gasteiger partial charge < -0.3 is 10.5 Å². The minimum atomic E-state index is 0.326. The third-order valence-corrected chi connectivity index (χ3v) is 2.65. The average Bonchev–Trinajstić information content (AvgIpc) is 2.16. The molecule has 0 saturated carbocycles. The van der Waals surface area contributed by atoms with Crippen molar-refractivity contribution in [3.63, 3.8) is 0 Å². The number of hydrogen-bond acceptors (Lipinski definition) is 2. The van der Waals surface area contributed by atoms with E-state index in [2.05, 4.69) is 33.8 Å². The number of ether oxygens (including phenoxy) is 1. The molecule has 2 N–H and O–H groups in total. The van der Waals surface area contributed by atoms with E-state index in [1.807, 2.05) is 12.1 Å². The first-order valence-corrected chi connectivity index (χ1v) is 5.85. The minimum absolute atomic E-state index is 0.326. The van der Waals surface area contributed by atoms with Crippen LogP contribution in [0.5, 0.6) is 5.75 Å². The lowest BCUT2D eigenvalue weighted by Crippen LogP contribution is -2.11. The number of hydrogen-bond donors (Lipinski definition) is 1. The van der Waals surface area contributed by atoms with Crippen LogP contribution in [-0.2, 0) is 6.54 Å². The van der Waals surface area contributed by atoms with Gasteiger partial charge in [0.1, 0.15) is 5.75 Å². The maximum Gasteiger partial charge on any atom is 0.119 e. The molecule has 1 aromatic rings. The topological polar surface area (TPSA) is 35.2 Å². The van der Waals surface area contributed by atoms with Gasteiger partial charge >= 0.3 is 0 Å². The molecule has 0 heterocycles. The molecule has 1 aromatic carbocycles. The van der Waals surface area contributed by atoms with E-state index in [4.69, 9.17) is 10.5 Å². The van der Waals surface area contributed by atoms with Gasteiger partial charge in [0.2, 0.25) is 0 Å². The molecule has 90 valence electrons. The second-order valence-electron chi connectivity index (χ2n) is 5.45. The fourth-order valence-corrected chi connectivity index (χ4v) is 1.46. The maximum atomic E-state index is 5.72. The molecule has 0 amide bonds. The SMILES string of the molecule is Cc1cc(OCCC(C)(C)C)ccc1CN. The Labute approximate surface area is 98.8 Å². The summed E-state index contributed by atoms with van der Waals surface area (Å²) >= 11 is 0. The van der Waals surface area contributed by atoms with Crippen molar-refractivity contribution in [2.24, 2.45) is 11.1 Å². The van der Waals surface area contributed by atoms with E-state index in [0.29, 0.717) is 12.0 Å². The molecule has 2 heteroatoms. The summed E-state index contributed by atoms with van der Waals surface area (Å²) in [5, 5.41) is 0. The van der Waals surface area contributed by atoms with Crippen LogP contribution in [-0.4, -0.2) is 6.61 Å². The predicted molar refractivity (Wildman–Crippen MR) is 68.6 cm³/mol. The summed E-state index contributed by atoms with van der Waals surface area (Å²) in [5.74, 6) is 0.943. The summed E-state index contributed by atoms with van der Waals surface area (Å²) in [6.45, 7) is 10.1. The zero-order chi connectivity index (χ0) is 12.2. The van der Waals surface area contributed by atoms with Gasteiger partial charge in [0.05, 0.1) is 6.61 Å². The average molecular weight is 221 g/mol. The second kappa shape index (κ2) is 5.35. The molecule has 0 aromatic heterocycles. The second-order valence-corrected chi connectivity index (χ2v) is 5.45. The third kappa shape index (κ3) is 4.23. The molecular weight excluding hydrogens is 198 g/mol. The first kappa shape index (κ1) is 13.0. The highest BCUT2D eigenvalue weighted by molar-refractivity contribution is 5.34. The molecule has 0 fully saturated rings. The van der Waals surface area contributed by atoms with Crippen LogP contribution in [0.15, 0.2) is 18.2 Å². The van der Waals surface area contributed by atoms with Crippen LogP contribution in [0, 0.1) is 12.3 Å². The quantitative estimate of drug-likeness (QED) is 0.847. The van der Waals surface area contributed by atoms with Crippen molar-refractivity contribution >= 4 is 0 Å². The molecule has 0 bridgehead atoms. The molecule has 0 atom stereocenters. The van der Waals surface area contributed by atoms with Crippen LogP contribution < -0.4 is 10.5 Å². The van der Waals surface area contributed by atoms with Crippen LogP contribution in [0.2, 0.25) is 0 Å². The Kier molecular flexibility index (Phi) is 4.36. The van der Waals surface area contributed by atoms with Gasteiger partial charge in [0, 0.05) is 6.54 Å². The Hall–Kier alpha value is -1.02. The first-order valence-electron chi connectivity index (χ1n) is 5.85. The van der Waals surface area contributed by atoms with Gasteiger partial charge in [-0.05, 0) is 42.0 Å². The zero-order valence-electron chi connectivity index (χ0n) is 10.8. The van der Waals surface area contributed by atoms with Crippen LogP contribution in [0.1, 0.15) is 38.3 Å². The van der Waals surface area contributed by atoms with E-state index in [-0.39, 0.29) is 0 Å². The van der Waals surface area contributed by atoms with Crippen LogP contribution in [0.3, 0.4) is 0 Å². The summed E-state index contributed by atoms with van der Waals surface area (Å²) in [4.78, 5) is 0. The fourth-order valence-electron chi connectivity index (χ4n) is 1.46. The van der Waals surface area contributed by atoms with E-state index in [9.17, 15) is 0 Å². The highest BCUT2D eigenvalue weighted by Crippen LogP contribution is 2.21. The lowest BCUT2D eigenvalue weighted by atomic mass is 9.93. The Morgan fingerprint density at radius 1 is 1.25 bits per heavy atom. The van der Waals surface area contributed by atoms with Crippen molar-refractivity contribution in [2.75, 3.05) is 6.61 Å². The van der Waals surface area contributed by atoms with Gasteiger partial charge in [-0.1, -0.05) is 26.8 Å². The Morgan fingerprint density at radius 3 is 2.44 bits per heavy atom. The fraction of sp³-hybridized carbons (Fsp3) is 0.571. The monoisotopic (exact) mass is 221 g/mol. The Bertz CT molecular complexity index is 339. The number of aryl methyl sites for hydroxylation is 1. The van der Waals surface area contributed by atoms with E-state index >= 15 is 0 Å². The van der Waals surface area contributed by atoms with Crippen LogP contribution >= 0.6 is 0 Å². The normalized spacial score (nSPS) is 11.6. The lowest BCUT2D eigenvalue weighted by molar-refractivity contribution is 0.243. The van der Waals surface area contributed by atoms with Crippen molar-refractivity contribution in [3.8, 4) is 5.75 Å². The molecule has 1 rings (SSSR count). The number of nitrogens with two attached hydrogens (primary N) is 1. The third-order valence-electron chi connectivity index (χ3n) is 2.65. The molecule has 0 aliphatic rings. The van der Waals surface area contributed by atoms with Crippen molar-refractivity contribution in [1.82, 2.24) is 0 Å². The molecule has 16 heavy (non-hydrogen) atoms. The molecule has 0 aliphatic heterocycles. The van der Waals surface area contributed by atoms with E-state index in [1.165, 1.54) is 11.1 Å². The molecule has 0 spiro atoms. The highest BCUT2D eigenvalue weighted by Gasteiger charge is 2.10. The van der Waals surface area contributed by atoms with Gasteiger partial charge in [-0.3, -0.25) is 0 Å². The maximum absolute atomic E-state index is 5.72. The summed E-state index contributed by atoms with van der Waals surface area (Å²) < 4.78 is 5.72. The Balaban J connectivity index is 2.52. The number of benzene rings is 1. The van der Waals surface area contributed by atoms with Crippen molar-refractivity contribution in [1.29, 1.82) is 0 Å². The first-order chi connectivity index (χ1) is 7.42. The van der Waals surface area contributed by atoms with Crippen LogP contribution in [0.4, 0.5) is 0 Å². The molecule has 0 saturated heterocycles. The van der Waals surface area contributed by atoms with Gasteiger partial charge in [-0.2, -0.15) is 0 Å². The smallest absolute Gasteiger partial charge is 0.119 e. The summed E-state index contributed by atoms with van der Waals surface area (Å²) in [5.41, 5.74) is 8.33.